The van der Waals surface area contributed by atoms with Gasteiger partial charge in [-0.2, -0.15) is 0 Å². The lowest BCUT2D eigenvalue weighted by atomic mass is 10.1. The maximum absolute atomic E-state index is 5.38. The third kappa shape index (κ3) is 2.60. The Labute approximate surface area is 112 Å². The molecular weight excluding hydrogens is 236 g/mol. The molecule has 1 N–H and O–H groups in total. The van der Waals surface area contributed by atoms with Gasteiger partial charge in [0.2, 0.25) is 0 Å². The Balaban J connectivity index is 1.81. The van der Waals surface area contributed by atoms with Crippen molar-refractivity contribution in [3.05, 3.63) is 60.7 Å². The number of hydrogen-bond acceptors (Lipinski definition) is 3. The second-order valence-electron chi connectivity index (χ2n) is 4.70. The Morgan fingerprint density at radius 3 is 2.95 bits per heavy atom. The standard InChI is InChI=1S/C16H16N2O/c1-12(11-13-5-4-10-19-13)18-16-8-2-7-15-14(16)6-3-9-17-15/h2-10,12,18H,11H2,1H3. The summed E-state index contributed by atoms with van der Waals surface area (Å²) >= 11 is 0. The summed E-state index contributed by atoms with van der Waals surface area (Å²) in [4.78, 5) is 4.37. The van der Waals surface area contributed by atoms with E-state index in [1.54, 1.807) is 6.26 Å². The number of aromatic nitrogens is 1. The zero-order valence-corrected chi connectivity index (χ0v) is 10.8. The zero-order chi connectivity index (χ0) is 13.1. The van der Waals surface area contributed by atoms with Crippen LogP contribution in [0.25, 0.3) is 10.9 Å². The van der Waals surface area contributed by atoms with Crippen LogP contribution in [0.5, 0.6) is 0 Å². The molecule has 2 aromatic heterocycles. The van der Waals surface area contributed by atoms with E-state index >= 15 is 0 Å². The average molecular weight is 252 g/mol. The highest BCUT2D eigenvalue weighted by Crippen LogP contribution is 2.22. The van der Waals surface area contributed by atoms with Crippen molar-refractivity contribution in [2.24, 2.45) is 0 Å². The molecule has 0 bridgehead atoms. The molecule has 0 saturated carbocycles. The van der Waals surface area contributed by atoms with Gasteiger partial charge in [0.25, 0.3) is 0 Å². The summed E-state index contributed by atoms with van der Waals surface area (Å²) in [5, 5.41) is 4.67. The molecule has 0 fully saturated rings. The first-order chi connectivity index (χ1) is 9.33. The van der Waals surface area contributed by atoms with E-state index in [0.717, 1.165) is 28.8 Å². The fourth-order valence-corrected chi connectivity index (χ4v) is 2.28. The van der Waals surface area contributed by atoms with Gasteiger partial charge in [-0.3, -0.25) is 4.98 Å². The largest absolute Gasteiger partial charge is 0.469 e. The predicted octanol–water partition coefficient (Wildman–Crippen LogP) is 3.87. The van der Waals surface area contributed by atoms with E-state index in [9.17, 15) is 0 Å². The Hall–Kier alpha value is -2.29. The van der Waals surface area contributed by atoms with Crippen LogP contribution in [0.15, 0.2) is 59.3 Å². The highest BCUT2D eigenvalue weighted by atomic mass is 16.3. The molecule has 3 heteroatoms. The average Bonchev–Trinajstić information content (AvgIpc) is 2.92. The fraction of sp³-hybridized carbons (Fsp3) is 0.188. The predicted molar refractivity (Wildman–Crippen MR) is 77.2 cm³/mol. The quantitative estimate of drug-likeness (QED) is 0.766. The zero-order valence-electron chi connectivity index (χ0n) is 10.8. The summed E-state index contributed by atoms with van der Waals surface area (Å²) in [6.07, 6.45) is 4.39. The number of rotatable bonds is 4. The summed E-state index contributed by atoms with van der Waals surface area (Å²) in [6.45, 7) is 2.15. The van der Waals surface area contributed by atoms with Gasteiger partial charge < -0.3 is 9.73 Å². The van der Waals surface area contributed by atoms with Crippen molar-refractivity contribution in [3.63, 3.8) is 0 Å². The SMILES string of the molecule is CC(Cc1ccco1)Nc1cccc2ncccc12. The fourth-order valence-electron chi connectivity index (χ4n) is 2.28. The lowest BCUT2D eigenvalue weighted by Gasteiger charge is -2.15. The molecule has 0 aliphatic heterocycles. The van der Waals surface area contributed by atoms with Gasteiger partial charge in [0.05, 0.1) is 11.8 Å². The maximum atomic E-state index is 5.38. The van der Waals surface area contributed by atoms with E-state index in [1.807, 2.05) is 36.5 Å². The molecular formula is C16H16N2O. The van der Waals surface area contributed by atoms with Crippen LogP contribution >= 0.6 is 0 Å². The van der Waals surface area contributed by atoms with Crippen molar-refractivity contribution in [1.82, 2.24) is 4.98 Å². The molecule has 0 saturated heterocycles. The van der Waals surface area contributed by atoms with Gasteiger partial charge in [0, 0.05) is 29.7 Å². The molecule has 0 amide bonds. The van der Waals surface area contributed by atoms with Crippen molar-refractivity contribution in [2.75, 3.05) is 5.32 Å². The molecule has 3 rings (SSSR count). The number of nitrogens with one attached hydrogen (secondary N) is 1. The number of fused-ring (bicyclic) bond motifs is 1. The first-order valence-corrected chi connectivity index (χ1v) is 6.45. The van der Waals surface area contributed by atoms with Crippen LogP contribution in [0.2, 0.25) is 0 Å². The van der Waals surface area contributed by atoms with E-state index in [1.165, 1.54) is 0 Å². The van der Waals surface area contributed by atoms with Crippen molar-refractivity contribution in [2.45, 2.75) is 19.4 Å². The van der Waals surface area contributed by atoms with Gasteiger partial charge in [-0.15, -0.1) is 0 Å². The monoisotopic (exact) mass is 252 g/mol. The molecule has 3 aromatic rings. The Bertz CT molecular complexity index is 656. The molecule has 2 heterocycles. The second kappa shape index (κ2) is 5.14. The van der Waals surface area contributed by atoms with E-state index in [2.05, 4.69) is 29.4 Å². The topological polar surface area (TPSA) is 38.1 Å². The lowest BCUT2D eigenvalue weighted by molar-refractivity contribution is 0.498. The van der Waals surface area contributed by atoms with Crippen LogP contribution < -0.4 is 5.32 Å². The third-order valence-electron chi connectivity index (χ3n) is 3.14. The lowest BCUT2D eigenvalue weighted by Crippen LogP contribution is -2.17. The van der Waals surface area contributed by atoms with Crippen LogP contribution in [0, 0.1) is 0 Å². The van der Waals surface area contributed by atoms with Crippen LogP contribution in [-0.2, 0) is 6.42 Å². The van der Waals surface area contributed by atoms with Gasteiger partial charge in [0.15, 0.2) is 0 Å². The van der Waals surface area contributed by atoms with Crippen LogP contribution in [0.1, 0.15) is 12.7 Å². The summed E-state index contributed by atoms with van der Waals surface area (Å²) in [7, 11) is 0. The van der Waals surface area contributed by atoms with Crippen LogP contribution in [0.4, 0.5) is 5.69 Å². The molecule has 3 nitrogen and oxygen atoms in total. The minimum absolute atomic E-state index is 0.303. The number of furan rings is 1. The number of anilines is 1. The van der Waals surface area contributed by atoms with Crippen molar-refractivity contribution in [1.29, 1.82) is 0 Å². The second-order valence-corrected chi connectivity index (χ2v) is 4.70. The van der Waals surface area contributed by atoms with E-state index in [0.29, 0.717) is 6.04 Å². The first kappa shape index (κ1) is 11.8. The Kier molecular flexibility index (Phi) is 3.19. The van der Waals surface area contributed by atoms with Gasteiger partial charge in [-0.25, -0.2) is 0 Å². The van der Waals surface area contributed by atoms with Crippen molar-refractivity contribution >= 4 is 16.6 Å². The van der Waals surface area contributed by atoms with Gasteiger partial charge in [-0.1, -0.05) is 6.07 Å². The van der Waals surface area contributed by atoms with Crippen LogP contribution in [-0.4, -0.2) is 11.0 Å². The van der Waals surface area contributed by atoms with Crippen LogP contribution in [0.3, 0.4) is 0 Å². The van der Waals surface area contributed by atoms with Crippen molar-refractivity contribution in [3.8, 4) is 0 Å². The van der Waals surface area contributed by atoms with E-state index in [4.69, 9.17) is 4.42 Å². The molecule has 0 aliphatic carbocycles. The number of pyridine rings is 1. The molecule has 0 aliphatic rings. The summed E-state index contributed by atoms with van der Waals surface area (Å²) in [5.74, 6) is 0.998. The molecule has 1 aromatic carbocycles. The number of hydrogen-bond donors (Lipinski definition) is 1. The van der Waals surface area contributed by atoms with E-state index < -0.39 is 0 Å². The third-order valence-corrected chi connectivity index (χ3v) is 3.14. The number of benzene rings is 1. The molecule has 19 heavy (non-hydrogen) atoms. The minimum Gasteiger partial charge on any atom is -0.469 e. The molecule has 0 radical (unpaired) electrons. The van der Waals surface area contributed by atoms with Crippen molar-refractivity contribution < 1.29 is 4.42 Å². The normalized spacial score (nSPS) is 12.5. The first-order valence-electron chi connectivity index (χ1n) is 6.45. The molecule has 1 unspecified atom stereocenters. The van der Waals surface area contributed by atoms with Gasteiger partial charge in [0.1, 0.15) is 5.76 Å². The summed E-state index contributed by atoms with van der Waals surface area (Å²) < 4.78 is 5.38. The van der Waals surface area contributed by atoms with Gasteiger partial charge in [-0.05, 0) is 43.3 Å². The summed E-state index contributed by atoms with van der Waals surface area (Å²) in [5.41, 5.74) is 2.13. The van der Waals surface area contributed by atoms with Gasteiger partial charge >= 0.3 is 0 Å². The van der Waals surface area contributed by atoms with E-state index in [-0.39, 0.29) is 0 Å². The highest BCUT2D eigenvalue weighted by molar-refractivity contribution is 5.91. The molecule has 1 atom stereocenters. The number of nitrogens with zero attached hydrogens (tertiary/aromatic N) is 1. The summed E-state index contributed by atoms with van der Waals surface area (Å²) in [6, 6.07) is 14.4. The smallest absolute Gasteiger partial charge is 0.105 e. The molecule has 0 spiro atoms. The Morgan fingerprint density at radius 2 is 2.11 bits per heavy atom. The highest BCUT2D eigenvalue weighted by Gasteiger charge is 2.07. The minimum atomic E-state index is 0.303. The Morgan fingerprint density at radius 1 is 1.16 bits per heavy atom. The maximum Gasteiger partial charge on any atom is 0.105 e. The molecule has 96 valence electrons.